The molecule has 0 bridgehead atoms. The van der Waals surface area contributed by atoms with Crippen molar-refractivity contribution in [1.82, 2.24) is 24.9 Å². The Morgan fingerprint density at radius 2 is 1.44 bits per heavy atom. The number of thiophene rings is 1. The molecule has 4 aromatic carbocycles. The Kier molecular flexibility index (Phi) is 12.0. The largest absolute Gasteiger partial charge is 0.508 e. The van der Waals surface area contributed by atoms with Crippen molar-refractivity contribution in [1.29, 1.82) is 0 Å². The average molecular weight is 858 g/mol. The Morgan fingerprint density at radius 1 is 0.758 bits per heavy atom. The molecule has 1 aromatic heterocycles. The fraction of sp³-hybridized carbons (Fsp3) is 0.354. The second kappa shape index (κ2) is 17.9. The van der Waals surface area contributed by atoms with Gasteiger partial charge in [-0.25, -0.2) is 4.39 Å². The zero-order valence-electron chi connectivity index (χ0n) is 34.3. The predicted molar refractivity (Wildman–Crippen MR) is 233 cm³/mol. The number of halogens is 1. The van der Waals surface area contributed by atoms with Crippen LogP contribution in [0.15, 0.2) is 84.9 Å². The van der Waals surface area contributed by atoms with Crippen LogP contribution in [-0.2, 0) is 9.59 Å². The van der Waals surface area contributed by atoms with Crippen LogP contribution in [0.5, 0.6) is 11.5 Å². The van der Waals surface area contributed by atoms with Gasteiger partial charge in [-0.3, -0.25) is 39.1 Å². The monoisotopic (exact) mass is 857 g/mol. The standard InChI is InChI=1S/C48H48FN5O7S/c49-34-7-2-32(3-8-34)45-43(38-13-9-35(55)29-41(38)62-45)44(57)31-4-10-36(11-5-31)61-27-26-53-24-22-52(23-25-53)19-1-18-51-20-16-30(17-21-51)33-6-12-37-39(28-33)48(60)54(47(37)59)40-14-15-42(56)50-46(40)58/h2-13,28-30,40,55H,1,14-27H2,(H,50,56,58). The van der Waals surface area contributed by atoms with Gasteiger partial charge in [-0.2, -0.15) is 0 Å². The first-order chi connectivity index (χ1) is 30.1. The molecule has 4 aliphatic rings. The second-order valence-corrected chi connectivity index (χ2v) is 17.7. The third-order valence-corrected chi connectivity index (χ3v) is 13.9. The molecule has 320 valence electrons. The molecule has 14 heteroatoms. The first-order valence-electron chi connectivity index (χ1n) is 21.4. The molecule has 3 fully saturated rings. The number of phenolic OH excluding ortho intramolecular Hbond substituents is 1. The van der Waals surface area contributed by atoms with Gasteiger partial charge >= 0.3 is 0 Å². The summed E-state index contributed by atoms with van der Waals surface area (Å²) in [5.41, 5.74) is 3.51. The lowest BCUT2D eigenvalue weighted by Crippen LogP contribution is -2.54. The molecule has 12 nitrogen and oxygen atoms in total. The normalized spacial score (nSPS) is 19.3. The van der Waals surface area contributed by atoms with Crippen molar-refractivity contribution in [3.05, 3.63) is 119 Å². The van der Waals surface area contributed by atoms with Crippen LogP contribution in [0.4, 0.5) is 4.39 Å². The van der Waals surface area contributed by atoms with Crippen molar-refractivity contribution in [3.8, 4) is 21.9 Å². The van der Waals surface area contributed by atoms with Crippen LogP contribution >= 0.6 is 11.3 Å². The molecule has 0 aliphatic carbocycles. The summed E-state index contributed by atoms with van der Waals surface area (Å²) in [7, 11) is 0. The number of likely N-dealkylation sites (tertiary alicyclic amines) is 1. The fourth-order valence-electron chi connectivity index (χ4n) is 9.24. The zero-order chi connectivity index (χ0) is 42.9. The van der Waals surface area contributed by atoms with Gasteiger partial charge in [0.2, 0.25) is 11.8 Å². The number of imide groups is 2. The number of benzene rings is 4. The molecule has 4 amide bonds. The van der Waals surface area contributed by atoms with Gasteiger partial charge in [0, 0.05) is 65.2 Å². The molecular weight excluding hydrogens is 810 g/mol. The van der Waals surface area contributed by atoms with Crippen molar-refractivity contribution >= 4 is 50.8 Å². The number of ketones is 1. The Labute approximate surface area is 362 Å². The number of ether oxygens (including phenoxy) is 1. The van der Waals surface area contributed by atoms with Crippen LogP contribution in [0.25, 0.3) is 20.5 Å². The lowest BCUT2D eigenvalue weighted by atomic mass is 9.88. The SMILES string of the molecule is O=C1CCC(N2C(=O)c3ccc(C4CCN(CCCN5CCN(CCOc6ccc(C(=O)c7c(-c8ccc(F)cc8)sc8cc(O)ccc78)cc6)CC5)CC4)cc3C2=O)C(=O)N1. The van der Waals surface area contributed by atoms with E-state index in [1.807, 2.05) is 24.3 Å². The fourth-order valence-corrected chi connectivity index (χ4v) is 10.5. The zero-order valence-corrected chi connectivity index (χ0v) is 35.1. The summed E-state index contributed by atoms with van der Waals surface area (Å²) in [6.45, 7) is 9.35. The molecule has 2 N–H and O–H groups in total. The number of carbonyl (C=O) groups excluding carboxylic acids is 5. The van der Waals surface area contributed by atoms with E-state index in [2.05, 4.69) is 20.0 Å². The van der Waals surface area contributed by atoms with Crippen molar-refractivity contribution in [2.75, 3.05) is 65.5 Å². The predicted octanol–water partition coefficient (Wildman–Crippen LogP) is 6.31. The molecule has 5 aromatic rings. The molecule has 3 saturated heterocycles. The first-order valence-corrected chi connectivity index (χ1v) is 22.2. The highest BCUT2D eigenvalue weighted by molar-refractivity contribution is 7.22. The third kappa shape index (κ3) is 8.65. The molecule has 9 rings (SSSR count). The summed E-state index contributed by atoms with van der Waals surface area (Å²) in [6, 6.07) is 22.8. The van der Waals surface area contributed by atoms with E-state index in [0.717, 1.165) is 109 Å². The molecule has 1 atom stereocenters. The number of rotatable bonds is 13. The molecule has 5 heterocycles. The van der Waals surface area contributed by atoms with Gasteiger partial charge in [0.25, 0.3) is 11.8 Å². The van der Waals surface area contributed by atoms with Crippen LogP contribution in [0.3, 0.4) is 0 Å². The summed E-state index contributed by atoms with van der Waals surface area (Å²) in [5, 5.41) is 13.1. The minimum Gasteiger partial charge on any atom is -0.508 e. The summed E-state index contributed by atoms with van der Waals surface area (Å²) in [5.74, 6) is -1.30. The van der Waals surface area contributed by atoms with E-state index in [0.29, 0.717) is 40.5 Å². The maximum atomic E-state index is 13.9. The van der Waals surface area contributed by atoms with Crippen LogP contribution < -0.4 is 10.1 Å². The number of piperazine rings is 1. The first kappa shape index (κ1) is 41.5. The lowest BCUT2D eigenvalue weighted by molar-refractivity contribution is -0.136. The minimum absolute atomic E-state index is 0.0989. The number of carbonyl (C=O) groups is 5. The summed E-state index contributed by atoms with van der Waals surface area (Å²) in [6.07, 6.45) is 3.28. The van der Waals surface area contributed by atoms with Crippen molar-refractivity contribution in [2.45, 2.75) is 44.1 Å². The van der Waals surface area contributed by atoms with Gasteiger partial charge in [0.1, 0.15) is 30.0 Å². The number of amides is 4. The molecular formula is C48H48FN5O7S. The summed E-state index contributed by atoms with van der Waals surface area (Å²) in [4.78, 5) is 73.6. The second-order valence-electron chi connectivity index (χ2n) is 16.6. The van der Waals surface area contributed by atoms with Crippen molar-refractivity contribution in [3.63, 3.8) is 0 Å². The van der Waals surface area contributed by atoms with E-state index in [1.165, 1.54) is 23.5 Å². The van der Waals surface area contributed by atoms with Gasteiger partial charge in [-0.15, -0.1) is 11.3 Å². The highest BCUT2D eigenvalue weighted by Gasteiger charge is 2.45. The minimum atomic E-state index is -0.959. The molecule has 0 spiro atoms. The molecule has 4 aliphatic heterocycles. The number of piperidine rings is 2. The number of nitrogens with one attached hydrogen (secondary N) is 1. The third-order valence-electron chi connectivity index (χ3n) is 12.7. The van der Waals surface area contributed by atoms with E-state index in [4.69, 9.17) is 4.74 Å². The maximum Gasteiger partial charge on any atom is 0.262 e. The van der Waals surface area contributed by atoms with Gasteiger partial charge in [0.05, 0.1) is 11.1 Å². The van der Waals surface area contributed by atoms with Gasteiger partial charge in [-0.1, -0.05) is 18.2 Å². The van der Waals surface area contributed by atoms with Gasteiger partial charge in [-0.05, 0) is 136 Å². The summed E-state index contributed by atoms with van der Waals surface area (Å²) < 4.78 is 20.6. The maximum absolute atomic E-state index is 13.9. The van der Waals surface area contributed by atoms with E-state index in [1.54, 1.807) is 48.5 Å². The highest BCUT2D eigenvalue weighted by atomic mass is 32.1. The number of phenols is 1. The Bertz CT molecular complexity index is 2530. The number of nitrogens with zero attached hydrogens (tertiary/aromatic N) is 4. The topological polar surface area (TPSA) is 140 Å². The average Bonchev–Trinajstić information content (AvgIpc) is 3.77. The number of hydrogen-bond donors (Lipinski definition) is 2. The molecule has 62 heavy (non-hydrogen) atoms. The molecule has 1 unspecified atom stereocenters. The Balaban J connectivity index is 0.688. The van der Waals surface area contributed by atoms with Gasteiger partial charge < -0.3 is 19.6 Å². The van der Waals surface area contributed by atoms with Crippen LogP contribution in [0.1, 0.15) is 80.2 Å². The molecule has 0 radical (unpaired) electrons. The van der Waals surface area contributed by atoms with Gasteiger partial charge in [0.15, 0.2) is 5.78 Å². The van der Waals surface area contributed by atoms with Crippen LogP contribution in [-0.4, -0.2) is 126 Å². The number of hydrogen-bond acceptors (Lipinski definition) is 11. The Hall–Kier alpha value is -5.80. The highest BCUT2D eigenvalue weighted by Crippen LogP contribution is 2.41. The van der Waals surface area contributed by atoms with Crippen molar-refractivity contribution < 1.29 is 38.2 Å². The Morgan fingerprint density at radius 3 is 2.15 bits per heavy atom. The van der Waals surface area contributed by atoms with Crippen LogP contribution in [0.2, 0.25) is 0 Å². The summed E-state index contributed by atoms with van der Waals surface area (Å²) >= 11 is 1.40. The van der Waals surface area contributed by atoms with E-state index < -0.39 is 23.8 Å². The smallest absolute Gasteiger partial charge is 0.262 e. The van der Waals surface area contributed by atoms with E-state index in [9.17, 15) is 33.5 Å². The lowest BCUT2D eigenvalue weighted by Gasteiger charge is -2.36. The quantitative estimate of drug-likeness (QED) is 0.102. The van der Waals surface area contributed by atoms with E-state index >= 15 is 0 Å². The van der Waals surface area contributed by atoms with E-state index in [-0.39, 0.29) is 36.1 Å². The van der Waals surface area contributed by atoms with Crippen molar-refractivity contribution in [2.24, 2.45) is 0 Å². The molecule has 0 saturated carbocycles. The number of fused-ring (bicyclic) bond motifs is 2. The van der Waals surface area contributed by atoms with Crippen LogP contribution in [0, 0.1) is 5.82 Å². The number of aromatic hydroxyl groups is 1.